The molecule has 0 bridgehead atoms. The first-order chi connectivity index (χ1) is 8.25. The Morgan fingerprint density at radius 3 is 2.24 bits per heavy atom. The van der Waals surface area contributed by atoms with Crippen molar-refractivity contribution in [2.75, 3.05) is 0 Å². The van der Waals surface area contributed by atoms with Crippen molar-refractivity contribution < 1.29 is 4.79 Å². The van der Waals surface area contributed by atoms with Crippen LogP contribution in [0.15, 0.2) is 65.6 Å². The first-order valence-electron chi connectivity index (χ1n) is 5.32. The highest BCUT2D eigenvalue weighted by molar-refractivity contribution is 7.80. The fourth-order valence-corrected chi connectivity index (χ4v) is 1.61. The van der Waals surface area contributed by atoms with Crippen LogP contribution in [0, 0.1) is 0 Å². The van der Waals surface area contributed by atoms with Crippen LogP contribution in [0.25, 0.3) is 6.08 Å². The van der Waals surface area contributed by atoms with Crippen molar-refractivity contribution in [3.05, 3.63) is 71.8 Å². The third kappa shape index (κ3) is 3.33. The van der Waals surface area contributed by atoms with Crippen LogP contribution in [0.3, 0.4) is 0 Å². The lowest BCUT2D eigenvalue weighted by Crippen LogP contribution is -1.92. The third-order valence-electron chi connectivity index (χ3n) is 2.38. The number of hydrogen-bond donors (Lipinski definition) is 1. The maximum Gasteiger partial charge on any atom is 0.185 e. The maximum absolute atomic E-state index is 11.8. The van der Waals surface area contributed by atoms with Gasteiger partial charge in [-0.05, 0) is 23.8 Å². The zero-order chi connectivity index (χ0) is 12.1. The van der Waals surface area contributed by atoms with Crippen LogP contribution >= 0.6 is 12.6 Å². The molecule has 0 aromatic heterocycles. The van der Waals surface area contributed by atoms with Gasteiger partial charge in [0.25, 0.3) is 0 Å². The lowest BCUT2D eigenvalue weighted by molar-refractivity contribution is 0.104. The Hall–Kier alpha value is -1.80. The average Bonchev–Trinajstić information content (AvgIpc) is 2.39. The molecule has 0 atom stereocenters. The van der Waals surface area contributed by atoms with E-state index in [4.69, 9.17) is 0 Å². The standard InChI is InChI=1S/C15H12OS/c16-15(13-4-2-1-3-5-13)11-8-12-6-9-14(17)10-7-12/h1-11,17H/b11-8+. The highest BCUT2D eigenvalue weighted by Gasteiger charge is 1.98. The number of benzene rings is 2. The fraction of sp³-hybridized carbons (Fsp3) is 0. The molecule has 0 saturated carbocycles. The Kier molecular flexibility index (Phi) is 3.78. The molecule has 2 rings (SSSR count). The zero-order valence-corrected chi connectivity index (χ0v) is 10.1. The Morgan fingerprint density at radius 2 is 1.59 bits per heavy atom. The number of carbonyl (C=O) groups is 1. The molecule has 2 heteroatoms. The third-order valence-corrected chi connectivity index (χ3v) is 2.68. The van der Waals surface area contributed by atoms with Crippen molar-refractivity contribution in [1.29, 1.82) is 0 Å². The van der Waals surface area contributed by atoms with Crippen molar-refractivity contribution >= 4 is 24.5 Å². The molecule has 2 aromatic carbocycles. The summed E-state index contributed by atoms with van der Waals surface area (Å²) in [5.41, 5.74) is 1.70. The van der Waals surface area contributed by atoms with Crippen LogP contribution in [0.5, 0.6) is 0 Å². The van der Waals surface area contributed by atoms with Gasteiger partial charge < -0.3 is 0 Å². The van der Waals surface area contributed by atoms with Crippen LogP contribution in [0.1, 0.15) is 15.9 Å². The normalized spacial score (nSPS) is 10.6. The van der Waals surface area contributed by atoms with E-state index in [9.17, 15) is 4.79 Å². The molecule has 0 unspecified atom stereocenters. The monoisotopic (exact) mass is 240 g/mol. The van der Waals surface area contributed by atoms with Gasteiger partial charge in [-0.2, -0.15) is 0 Å². The van der Waals surface area contributed by atoms with E-state index in [-0.39, 0.29) is 5.78 Å². The van der Waals surface area contributed by atoms with Crippen LogP contribution in [0.2, 0.25) is 0 Å². The summed E-state index contributed by atoms with van der Waals surface area (Å²) in [5.74, 6) is 0.0144. The molecule has 17 heavy (non-hydrogen) atoms. The van der Waals surface area contributed by atoms with E-state index in [1.807, 2.05) is 60.7 Å². The molecule has 0 amide bonds. The van der Waals surface area contributed by atoms with Crippen LogP contribution < -0.4 is 0 Å². The van der Waals surface area contributed by atoms with Crippen molar-refractivity contribution in [1.82, 2.24) is 0 Å². The molecule has 0 spiro atoms. The quantitative estimate of drug-likeness (QED) is 0.489. The van der Waals surface area contributed by atoms with E-state index in [1.165, 1.54) is 0 Å². The van der Waals surface area contributed by atoms with Gasteiger partial charge >= 0.3 is 0 Å². The summed E-state index contributed by atoms with van der Waals surface area (Å²) in [5, 5.41) is 0. The Morgan fingerprint density at radius 1 is 0.941 bits per heavy atom. The van der Waals surface area contributed by atoms with Gasteiger partial charge in [-0.3, -0.25) is 4.79 Å². The number of thiol groups is 1. The molecule has 0 radical (unpaired) electrons. The Labute approximate surface area is 106 Å². The van der Waals surface area contributed by atoms with Gasteiger partial charge in [0.05, 0.1) is 0 Å². The molecule has 0 aliphatic carbocycles. The van der Waals surface area contributed by atoms with Crippen molar-refractivity contribution in [3.8, 4) is 0 Å². The summed E-state index contributed by atoms with van der Waals surface area (Å²) in [6, 6.07) is 16.9. The largest absolute Gasteiger partial charge is 0.289 e. The lowest BCUT2D eigenvalue weighted by Gasteiger charge is -1.95. The Bertz CT molecular complexity index is 527. The number of carbonyl (C=O) groups excluding carboxylic acids is 1. The van der Waals surface area contributed by atoms with E-state index >= 15 is 0 Å². The van der Waals surface area contributed by atoms with Gasteiger partial charge in [-0.1, -0.05) is 48.5 Å². The van der Waals surface area contributed by atoms with Gasteiger partial charge in [0.15, 0.2) is 5.78 Å². The molecule has 0 aliphatic heterocycles. The van der Waals surface area contributed by atoms with Crippen molar-refractivity contribution in [2.45, 2.75) is 4.90 Å². The molecular weight excluding hydrogens is 228 g/mol. The molecule has 0 fully saturated rings. The SMILES string of the molecule is O=C(/C=C/c1ccc(S)cc1)c1ccccc1. The smallest absolute Gasteiger partial charge is 0.185 e. The first kappa shape index (κ1) is 11.7. The molecule has 0 aliphatic rings. The van der Waals surface area contributed by atoms with Gasteiger partial charge in [0.1, 0.15) is 0 Å². The number of allylic oxidation sites excluding steroid dienone is 1. The summed E-state index contributed by atoms with van der Waals surface area (Å²) in [4.78, 5) is 12.7. The maximum atomic E-state index is 11.8. The summed E-state index contributed by atoms with van der Waals surface area (Å²) in [6.07, 6.45) is 3.39. The fourth-order valence-electron chi connectivity index (χ4n) is 1.46. The van der Waals surface area contributed by atoms with Crippen LogP contribution in [-0.2, 0) is 0 Å². The highest BCUT2D eigenvalue weighted by Crippen LogP contribution is 2.10. The van der Waals surface area contributed by atoms with E-state index in [1.54, 1.807) is 6.08 Å². The molecule has 0 saturated heterocycles. The number of hydrogen-bond acceptors (Lipinski definition) is 2. The minimum atomic E-state index is 0.0144. The summed E-state index contributed by atoms with van der Waals surface area (Å²) in [7, 11) is 0. The first-order valence-corrected chi connectivity index (χ1v) is 5.77. The minimum Gasteiger partial charge on any atom is -0.289 e. The second kappa shape index (κ2) is 5.51. The van der Waals surface area contributed by atoms with Crippen LogP contribution in [-0.4, -0.2) is 5.78 Å². The lowest BCUT2D eigenvalue weighted by atomic mass is 10.1. The topological polar surface area (TPSA) is 17.1 Å². The predicted molar refractivity (Wildman–Crippen MR) is 73.5 cm³/mol. The number of ketones is 1. The summed E-state index contributed by atoms with van der Waals surface area (Å²) in [6.45, 7) is 0. The van der Waals surface area contributed by atoms with Gasteiger partial charge in [-0.25, -0.2) is 0 Å². The molecule has 84 valence electrons. The minimum absolute atomic E-state index is 0.0144. The van der Waals surface area contributed by atoms with Gasteiger partial charge in [-0.15, -0.1) is 12.6 Å². The molecular formula is C15H12OS. The van der Waals surface area contributed by atoms with Gasteiger partial charge in [0, 0.05) is 10.5 Å². The average molecular weight is 240 g/mol. The second-order valence-electron chi connectivity index (χ2n) is 3.66. The molecule has 0 N–H and O–H groups in total. The van der Waals surface area contributed by atoms with Crippen LogP contribution in [0.4, 0.5) is 0 Å². The second-order valence-corrected chi connectivity index (χ2v) is 4.17. The van der Waals surface area contributed by atoms with Crippen molar-refractivity contribution in [3.63, 3.8) is 0 Å². The zero-order valence-electron chi connectivity index (χ0n) is 9.21. The van der Waals surface area contributed by atoms with Gasteiger partial charge in [0.2, 0.25) is 0 Å². The molecule has 1 nitrogen and oxygen atoms in total. The van der Waals surface area contributed by atoms with E-state index in [0.29, 0.717) is 5.56 Å². The molecule has 2 aromatic rings. The molecule has 0 heterocycles. The Balaban J connectivity index is 2.11. The van der Waals surface area contributed by atoms with E-state index in [0.717, 1.165) is 10.5 Å². The summed E-state index contributed by atoms with van der Waals surface area (Å²) < 4.78 is 0. The highest BCUT2D eigenvalue weighted by atomic mass is 32.1. The van der Waals surface area contributed by atoms with Crippen molar-refractivity contribution in [2.24, 2.45) is 0 Å². The number of rotatable bonds is 3. The van der Waals surface area contributed by atoms with E-state index in [2.05, 4.69) is 12.6 Å². The predicted octanol–water partition coefficient (Wildman–Crippen LogP) is 3.87. The van der Waals surface area contributed by atoms with E-state index < -0.39 is 0 Å². The summed E-state index contributed by atoms with van der Waals surface area (Å²) >= 11 is 4.21.